The Morgan fingerprint density at radius 2 is 2.00 bits per heavy atom. The van der Waals surface area contributed by atoms with Crippen LogP contribution < -0.4 is 10.5 Å². The monoisotopic (exact) mass is 286 g/mol. The van der Waals surface area contributed by atoms with Gasteiger partial charge in [-0.25, -0.2) is 0 Å². The van der Waals surface area contributed by atoms with Crippen LogP contribution >= 0.6 is 12.2 Å². The molecule has 0 radical (unpaired) electrons. The first-order chi connectivity index (χ1) is 9.47. The van der Waals surface area contributed by atoms with Gasteiger partial charge < -0.3 is 10.5 Å². The number of aryl methyl sites for hydroxylation is 1. The quantitative estimate of drug-likeness (QED) is 0.865. The maximum absolute atomic E-state index is 5.94. The minimum atomic E-state index is 0.267. The Labute approximate surface area is 124 Å². The highest BCUT2D eigenvalue weighted by Crippen LogP contribution is 2.28. The Morgan fingerprint density at radius 1 is 1.25 bits per heavy atom. The number of nitrogens with zero attached hydrogens (tertiary/aromatic N) is 1. The molecule has 0 atom stereocenters. The van der Waals surface area contributed by atoms with Crippen molar-refractivity contribution in [3.05, 3.63) is 53.3 Å². The van der Waals surface area contributed by atoms with E-state index < -0.39 is 0 Å². The fraction of sp³-hybridized carbons (Fsp3) is 0.250. The molecule has 4 heteroatoms. The van der Waals surface area contributed by atoms with Crippen LogP contribution in [0.4, 0.5) is 0 Å². The third kappa shape index (κ3) is 3.33. The van der Waals surface area contributed by atoms with Gasteiger partial charge in [-0.15, -0.1) is 0 Å². The average molecular weight is 286 g/mol. The van der Waals surface area contributed by atoms with Gasteiger partial charge in [0.2, 0.25) is 0 Å². The van der Waals surface area contributed by atoms with Crippen LogP contribution in [0, 0.1) is 6.92 Å². The maximum Gasteiger partial charge on any atom is 0.131 e. The minimum Gasteiger partial charge on any atom is -0.457 e. The third-order valence-electron chi connectivity index (χ3n) is 3.09. The molecule has 3 nitrogen and oxygen atoms in total. The number of benzene rings is 1. The summed E-state index contributed by atoms with van der Waals surface area (Å²) >= 11 is 4.93. The molecule has 1 aromatic heterocycles. The van der Waals surface area contributed by atoms with Crippen LogP contribution in [0.3, 0.4) is 0 Å². The summed E-state index contributed by atoms with van der Waals surface area (Å²) in [7, 11) is 0. The van der Waals surface area contributed by atoms with Crippen LogP contribution in [-0.4, -0.2) is 9.97 Å². The smallest absolute Gasteiger partial charge is 0.131 e. The summed E-state index contributed by atoms with van der Waals surface area (Å²) in [5, 5.41) is 0. The molecular formula is C16H18N2OS. The molecule has 0 amide bonds. The van der Waals surface area contributed by atoms with Gasteiger partial charge in [0.25, 0.3) is 0 Å². The molecule has 1 aromatic carbocycles. The zero-order chi connectivity index (χ0) is 14.7. The number of nitrogens with two attached hydrogens (primary N) is 1. The maximum atomic E-state index is 5.94. The number of pyridine rings is 1. The van der Waals surface area contributed by atoms with Gasteiger partial charge in [0.15, 0.2) is 0 Å². The summed E-state index contributed by atoms with van der Waals surface area (Å²) in [6, 6.07) is 9.81. The summed E-state index contributed by atoms with van der Waals surface area (Å²) in [6.45, 7) is 6.34. The van der Waals surface area contributed by atoms with E-state index in [1.54, 1.807) is 18.3 Å². The van der Waals surface area contributed by atoms with Crippen molar-refractivity contribution < 1.29 is 4.74 Å². The summed E-state index contributed by atoms with van der Waals surface area (Å²) in [4.78, 5) is 4.37. The molecule has 104 valence electrons. The van der Waals surface area contributed by atoms with E-state index in [2.05, 4.69) is 37.0 Å². The lowest BCUT2D eigenvalue weighted by Crippen LogP contribution is -2.11. The Balaban J connectivity index is 2.32. The normalized spacial score (nSPS) is 10.6. The first-order valence-electron chi connectivity index (χ1n) is 6.51. The van der Waals surface area contributed by atoms with Gasteiger partial charge in [-0.2, -0.15) is 0 Å². The third-order valence-corrected chi connectivity index (χ3v) is 3.30. The summed E-state index contributed by atoms with van der Waals surface area (Å²) in [5.41, 5.74) is 8.48. The fourth-order valence-electron chi connectivity index (χ4n) is 1.82. The number of hydrogen-bond acceptors (Lipinski definition) is 3. The van der Waals surface area contributed by atoms with E-state index in [0.717, 1.165) is 11.3 Å². The largest absolute Gasteiger partial charge is 0.457 e. The Morgan fingerprint density at radius 3 is 2.65 bits per heavy atom. The molecule has 0 saturated carbocycles. The predicted molar refractivity (Wildman–Crippen MR) is 85.5 cm³/mol. The van der Waals surface area contributed by atoms with Crippen LogP contribution in [0.2, 0.25) is 0 Å². The predicted octanol–water partition coefficient (Wildman–Crippen LogP) is 3.94. The molecule has 0 aliphatic rings. The summed E-state index contributed by atoms with van der Waals surface area (Å²) in [6.07, 6.45) is 1.64. The van der Waals surface area contributed by atoms with E-state index in [4.69, 9.17) is 22.7 Å². The lowest BCUT2D eigenvalue weighted by atomic mass is 10.0. The number of ether oxygens (including phenoxy) is 1. The molecule has 0 aliphatic heterocycles. The highest BCUT2D eigenvalue weighted by Gasteiger charge is 2.07. The molecule has 1 heterocycles. The molecule has 2 N–H and O–H groups in total. The molecule has 20 heavy (non-hydrogen) atoms. The highest BCUT2D eigenvalue weighted by molar-refractivity contribution is 7.80. The lowest BCUT2D eigenvalue weighted by molar-refractivity contribution is 0.477. The van der Waals surface area contributed by atoms with Gasteiger partial charge >= 0.3 is 0 Å². The summed E-state index contributed by atoms with van der Waals surface area (Å²) < 4.78 is 5.94. The SMILES string of the molecule is Cc1ccc(C(C)C)cc1Oc1ccnc(C(N)=S)c1. The van der Waals surface area contributed by atoms with Gasteiger partial charge in [0, 0.05) is 12.3 Å². The van der Waals surface area contributed by atoms with E-state index in [-0.39, 0.29) is 4.99 Å². The second-order valence-electron chi connectivity index (χ2n) is 5.02. The van der Waals surface area contributed by atoms with Gasteiger partial charge in [-0.05, 0) is 36.1 Å². The Hall–Kier alpha value is -1.94. The molecule has 0 spiro atoms. The second-order valence-corrected chi connectivity index (χ2v) is 5.46. The molecule has 0 bridgehead atoms. The first-order valence-corrected chi connectivity index (χ1v) is 6.92. The van der Waals surface area contributed by atoms with Gasteiger partial charge in [0.05, 0.1) is 0 Å². The molecule has 0 aliphatic carbocycles. The second kappa shape index (κ2) is 6.01. The molecule has 0 saturated heterocycles. The Kier molecular flexibility index (Phi) is 4.35. The number of aromatic nitrogens is 1. The molecular weight excluding hydrogens is 268 g/mol. The van der Waals surface area contributed by atoms with Crippen molar-refractivity contribution in [2.45, 2.75) is 26.7 Å². The summed E-state index contributed by atoms with van der Waals surface area (Å²) in [5.74, 6) is 1.99. The van der Waals surface area contributed by atoms with Crippen LogP contribution in [0.1, 0.15) is 36.6 Å². The van der Waals surface area contributed by atoms with Crippen molar-refractivity contribution in [2.75, 3.05) is 0 Å². The van der Waals surface area contributed by atoms with Crippen molar-refractivity contribution in [1.29, 1.82) is 0 Å². The highest BCUT2D eigenvalue weighted by atomic mass is 32.1. The van der Waals surface area contributed by atoms with Crippen molar-refractivity contribution in [3.8, 4) is 11.5 Å². The van der Waals surface area contributed by atoms with Crippen LogP contribution in [0.15, 0.2) is 36.5 Å². The van der Waals surface area contributed by atoms with Crippen LogP contribution in [0.5, 0.6) is 11.5 Å². The molecule has 0 unspecified atom stereocenters. The van der Waals surface area contributed by atoms with Gasteiger partial charge in [0.1, 0.15) is 22.2 Å². The van der Waals surface area contributed by atoms with E-state index >= 15 is 0 Å². The van der Waals surface area contributed by atoms with E-state index in [9.17, 15) is 0 Å². The molecule has 2 aromatic rings. The van der Waals surface area contributed by atoms with Crippen molar-refractivity contribution in [1.82, 2.24) is 4.98 Å². The van der Waals surface area contributed by atoms with Crippen LogP contribution in [-0.2, 0) is 0 Å². The van der Waals surface area contributed by atoms with Crippen LogP contribution in [0.25, 0.3) is 0 Å². The van der Waals surface area contributed by atoms with Crippen molar-refractivity contribution in [2.24, 2.45) is 5.73 Å². The van der Waals surface area contributed by atoms with Crippen molar-refractivity contribution >= 4 is 17.2 Å². The topological polar surface area (TPSA) is 48.1 Å². The van der Waals surface area contributed by atoms with E-state index in [0.29, 0.717) is 17.4 Å². The van der Waals surface area contributed by atoms with Gasteiger partial charge in [-0.3, -0.25) is 4.98 Å². The van der Waals surface area contributed by atoms with Gasteiger partial charge in [-0.1, -0.05) is 38.2 Å². The lowest BCUT2D eigenvalue weighted by Gasteiger charge is -2.13. The average Bonchev–Trinajstić information content (AvgIpc) is 2.41. The minimum absolute atomic E-state index is 0.267. The standard InChI is InChI=1S/C16H18N2OS/c1-10(2)12-5-4-11(3)15(8-12)19-13-6-7-18-14(9-13)16(17)20/h4-10H,1-3H3,(H2,17,20). The first kappa shape index (κ1) is 14.5. The fourth-order valence-corrected chi connectivity index (χ4v) is 1.93. The molecule has 0 fully saturated rings. The number of rotatable bonds is 4. The van der Waals surface area contributed by atoms with Crippen molar-refractivity contribution in [3.63, 3.8) is 0 Å². The Bertz CT molecular complexity index is 638. The zero-order valence-electron chi connectivity index (χ0n) is 11.9. The van der Waals surface area contributed by atoms with E-state index in [1.165, 1.54) is 5.56 Å². The van der Waals surface area contributed by atoms with E-state index in [1.807, 2.05) is 6.92 Å². The number of thiocarbonyl (C=S) groups is 1. The number of hydrogen-bond donors (Lipinski definition) is 1. The molecule has 2 rings (SSSR count). The zero-order valence-corrected chi connectivity index (χ0v) is 12.7.